The molecule has 3 aromatic rings. The van der Waals surface area contributed by atoms with Crippen LogP contribution < -0.4 is 10.6 Å². The van der Waals surface area contributed by atoms with Crippen LogP contribution >= 0.6 is 0 Å². The van der Waals surface area contributed by atoms with Crippen molar-refractivity contribution in [1.82, 2.24) is 14.7 Å². The Labute approximate surface area is 169 Å². The van der Waals surface area contributed by atoms with Crippen LogP contribution in [0.5, 0.6) is 0 Å². The van der Waals surface area contributed by atoms with E-state index in [0.717, 1.165) is 26.2 Å². The number of benzene rings is 1. The first-order valence-corrected chi connectivity index (χ1v) is 9.60. The van der Waals surface area contributed by atoms with Crippen LogP contribution in [0.4, 0.5) is 11.4 Å². The fourth-order valence-electron chi connectivity index (χ4n) is 2.84. The summed E-state index contributed by atoms with van der Waals surface area (Å²) in [6.07, 6.45) is 4.89. The first-order valence-electron chi connectivity index (χ1n) is 9.60. The Balaban J connectivity index is 1.53. The predicted molar refractivity (Wildman–Crippen MR) is 111 cm³/mol. The van der Waals surface area contributed by atoms with Crippen LogP contribution in [0.3, 0.4) is 0 Å². The lowest BCUT2D eigenvalue weighted by atomic mass is 10.2. The van der Waals surface area contributed by atoms with Crippen LogP contribution in [0.1, 0.15) is 34.8 Å². The number of carbonyl (C=O) groups is 2. The molecule has 0 aliphatic heterocycles. The molecule has 0 fully saturated rings. The number of likely N-dealkylation sites (N-methyl/N-ethyl adjacent to an activating group) is 1. The number of nitrogens with zero attached hydrogens (tertiary/aromatic N) is 3. The van der Waals surface area contributed by atoms with Crippen LogP contribution in [0.2, 0.25) is 0 Å². The minimum atomic E-state index is -0.343. The molecule has 8 nitrogen and oxygen atoms in total. The molecule has 152 valence electrons. The number of rotatable bonds is 9. The van der Waals surface area contributed by atoms with Crippen LogP contribution in [-0.2, 0) is 6.54 Å². The maximum Gasteiger partial charge on any atom is 0.291 e. The van der Waals surface area contributed by atoms with Crippen molar-refractivity contribution >= 4 is 23.2 Å². The maximum absolute atomic E-state index is 12.4. The van der Waals surface area contributed by atoms with Gasteiger partial charge in [-0.1, -0.05) is 13.8 Å². The number of furan rings is 1. The fourth-order valence-corrected chi connectivity index (χ4v) is 2.84. The molecule has 0 saturated carbocycles. The summed E-state index contributed by atoms with van der Waals surface area (Å²) in [4.78, 5) is 26.7. The Kier molecular flexibility index (Phi) is 6.80. The van der Waals surface area contributed by atoms with Gasteiger partial charge in [0.1, 0.15) is 0 Å². The van der Waals surface area contributed by atoms with Gasteiger partial charge in [-0.25, -0.2) is 0 Å². The molecule has 2 amide bonds. The average Bonchev–Trinajstić information content (AvgIpc) is 3.41. The molecule has 0 bridgehead atoms. The lowest BCUT2D eigenvalue weighted by Crippen LogP contribution is -2.27. The van der Waals surface area contributed by atoms with Gasteiger partial charge in [0, 0.05) is 24.0 Å². The SMILES string of the molecule is CCN(CC)CCn1cc(NC(=O)c2ccc(NC(=O)c3ccco3)cc2)cn1. The third-order valence-corrected chi connectivity index (χ3v) is 4.58. The Morgan fingerprint density at radius 2 is 1.76 bits per heavy atom. The van der Waals surface area contributed by atoms with E-state index < -0.39 is 0 Å². The van der Waals surface area contributed by atoms with Gasteiger partial charge in [0.2, 0.25) is 0 Å². The van der Waals surface area contributed by atoms with Gasteiger partial charge in [-0.3, -0.25) is 14.3 Å². The number of nitrogens with one attached hydrogen (secondary N) is 2. The highest BCUT2D eigenvalue weighted by Gasteiger charge is 2.11. The molecule has 0 atom stereocenters. The third kappa shape index (κ3) is 5.55. The van der Waals surface area contributed by atoms with Gasteiger partial charge in [-0.2, -0.15) is 5.10 Å². The monoisotopic (exact) mass is 395 g/mol. The van der Waals surface area contributed by atoms with E-state index in [2.05, 4.69) is 34.5 Å². The van der Waals surface area contributed by atoms with Gasteiger partial charge in [0.05, 0.1) is 24.7 Å². The third-order valence-electron chi connectivity index (χ3n) is 4.58. The van der Waals surface area contributed by atoms with E-state index >= 15 is 0 Å². The first kappa shape index (κ1) is 20.3. The average molecular weight is 395 g/mol. The van der Waals surface area contributed by atoms with Gasteiger partial charge in [-0.15, -0.1) is 0 Å². The topological polar surface area (TPSA) is 92.4 Å². The number of hydrogen-bond donors (Lipinski definition) is 2. The second kappa shape index (κ2) is 9.70. The molecule has 0 radical (unpaired) electrons. The van der Waals surface area contributed by atoms with Crippen molar-refractivity contribution in [3.05, 3.63) is 66.4 Å². The Hall–Kier alpha value is -3.39. The van der Waals surface area contributed by atoms with Crippen molar-refractivity contribution < 1.29 is 14.0 Å². The van der Waals surface area contributed by atoms with E-state index in [4.69, 9.17) is 4.42 Å². The van der Waals surface area contributed by atoms with Gasteiger partial charge in [-0.05, 0) is 49.5 Å². The zero-order chi connectivity index (χ0) is 20.6. The lowest BCUT2D eigenvalue weighted by molar-refractivity contribution is 0.0995. The highest BCUT2D eigenvalue weighted by molar-refractivity contribution is 6.05. The molecule has 3 rings (SSSR count). The van der Waals surface area contributed by atoms with Crippen molar-refractivity contribution in [2.75, 3.05) is 30.3 Å². The standard InChI is InChI=1S/C21H25N5O3/c1-3-25(4-2)11-12-26-15-18(14-22-26)24-20(27)16-7-9-17(10-8-16)23-21(28)19-6-5-13-29-19/h5-10,13-15H,3-4,11-12H2,1-2H3,(H,23,28)(H,24,27). The molecular formula is C21H25N5O3. The van der Waals surface area contributed by atoms with Crippen LogP contribution in [0, 0.1) is 0 Å². The number of amides is 2. The second-order valence-electron chi connectivity index (χ2n) is 6.48. The molecule has 2 aromatic heterocycles. The molecule has 0 aliphatic rings. The highest BCUT2D eigenvalue weighted by Crippen LogP contribution is 2.14. The molecule has 2 heterocycles. The normalized spacial score (nSPS) is 10.9. The summed E-state index contributed by atoms with van der Waals surface area (Å²) < 4.78 is 6.87. The zero-order valence-electron chi connectivity index (χ0n) is 16.6. The molecule has 0 aliphatic carbocycles. The maximum atomic E-state index is 12.4. The van der Waals surface area contributed by atoms with Gasteiger partial charge < -0.3 is 20.0 Å². The highest BCUT2D eigenvalue weighted by atomic mass is 16.3. The molecular weight excluding hydrogens is 370 g/mol. The van der Waals surface area contributed by atoms with Crippen LogP contribution in [-0.4, -0.2) is 46.1 Å². The van der Waals surface area contributed by atoms with Crippen molar-refractivity contribution in [1.29, 1.82) is 0 Å². The van der Waals surface area contributed by atoms with E-state index in [0.29, 0.717) is 16.9 Å². The Morgan fingerprint density at radius 1 is 1.03 bits per heavy atom. The lowest BCUT2D eigenvalue weighted by Gasteiger charge is -2.17. The number of anilines is 2. The zero-order valence-corrected chi connectivity index (χ0v) is 16.6. The summed E-state index contributed by atoms with van der Waals surface area (Å²) in [5, 5.41) is 9.85. The van der Waals surface area contributed by atoms with Crippen LogP contribution in [0.15, 0.2) is 59.5 Å². The predicted octanol–water partition coefficient (Wildman–Crippen LogP) is 3.32. The molecule has 0 unspecified atom stereocenters. The van der Waals surface area contributed by atoms with Crippen molar-refractivity contribution in [3.63, 3.8) is 0 Å². The summed E-state index contributed by atoms with van der Waals surface area (Å²) >= 11 is 0. The minimum Gasteiger partial charge on any atom is -0.459 e. The number of aromatic nitrogens is 2. The summed E-state index contributed by atoms with van der Waals surface area (Å²) in [5.41, 5.74) is 1.70. The Morgan fingerprint density at radius 3 is 2.41 bits per heavy atom. The van der Waals surface area contributed by atoms with Crippen molar-refractivity contribution in [2.24, 2.45) is 0 Å². The summed E-state index contributed by atoms with van der Waals surface area (Å²) in [6.45, 7) is 7.94. The molecule has 29 heavy (non-hydrogen) atoms. The number of hydrogen-bond acceptors (Lipinski definition) is 5. The smallest absolute Gasteiger partial charge is 0.291 e. The van der Waals surface area contributed by atoms with Crippen LogP contribution in [0.25, 0.3) is 0 Å². The molecule has 0 saturated heterocycles. The molecule has 1 aromatic carbocycles. The molecule has 2 N–H and O–H groups in total. The van der Waals surface area contributed by atoms with Crippen molar-refractivity contribution in [3.8, 4) is 0 Å². The van der Waals surface area contributed by atoms with Gasteiger partial charge >= 0.3 is 0 Å². The quantitative estimate of drug-likeness (QED) is 0.580. The summed E-state index contributed by atoms with van der Waals surface area (Å²) in [7, 11) is 0. The summed E-state index contributed by atoms with van der Waals surface area (Å²) in [6, 6.07) is 9.87. The number of carbonyl (C=O) groups excluding carboxylic acids is 2. The van der Waals surface area contributed by atoms with E-state index in [1.54, 1.807) is 42.6 Å². The molecule has 8 heteroatoms. The fraction of sp³-hybridized carbons (Fsp3) is 0.286. The van der Waals surface area contributed by atoms with Crippen molar-refractivity contribution in [2.45, 2.75) is 20.4 Å². The van der Waals surface area contributed by atoms with E-state index in [1.807, 2.05) is 10.9 Å². The largest absolute Gasteiger partial charge is 0.459 e. The van der Waals surface area contributed by atoms with E-state index in [1.165, 1.54) is 6.26 Å². The first-order chi connectivity index (χ1) is 14.1. The summed E-state index contributed by atoms with van der Waals surface area (Å²) in [5.74, 6) is -0.355. The van der Waals surface area contributed by atoms with Gasteiger partial charge in [0.15, 0.2) is 5.76 Å². The van der Waals surface area contributed by atoms with E-state index in [-0.39, 0.29) is 17.6 Å². The van der Waals surface area contributed by atoms with Gasteiger partial charge in [0.25, 0.3) is 11.8 Å². The minimum absolute atomic E-state index is 0.227. The Bertz CT molecular complexity index is 928. The second-order valence-corrected chi connectivity index (χ2v) is 6.48. The van der Waals surface area contributed by atoms with E-state index in [9.17, 15) is 9.59 Å². The molecule has 0 spiro atoms.